The SMILES string of the molecule is CC[N+](CC)(CC#Cc1ccc(Br)cc1)CC=Cc1ccccc1.[Br-]. The fraction of sp³-hybridized carbons (Fsp3) is 0.273. The molecule has 2 rings (SSSR count). The van der Waals surface area contributed by atoms with Crippen molar-refractivity contribution >= 4 is 22.0 Å². The maximum Gasteiger partial charge on any atom is 0.141 e. The molecule has 0 unspecified atom stereocenters. The van der Waals surface area contributed by atoms with Crippen LogP contribution in [-0.4, -0.2) is 30.7 Å². The molecule has 0 aliphatic carbocycles. The van der Waals surface area contributed by atoms with Gasteiger partial charge in [0.2, 0.25) is 0 Å². The van der Waals surface area contributed by atoms with Crippen LogP contribution in [0.5, 0.6) is 0 Å². The lowest BCUT2D eigenvalue weighted by Gasteiger charge is -2.33. The molecule has 3 heteroatoms. The van der Waals surface area contributed by atoms with Gasteiger partial charge in [0.05, 0.1) is 19.6 Å². The number of benzene rings is 2. The largest absolute Gasteiger partial charge is 1.00 e. The molecule has 0 amide bonds. The van der Waals surface area contributed by atoms with E-state index in [0.717, 1.165) is 40.7 Å². The summed E-state index contributed by atoms with van der Waals surface area (Å²) in [6.07, 6.45) is 4.49. The molecular weight excluding hydrogens is 438 g/mol. The zero-order valence-corrected chi connectivity index (χ0v) is 18.1. The van der Waals surface area contributed by atoms with E-state index in [1.807, 2.05) is 18.2 Å². The Bertz CT molecular complexity index is 705. The Kier molecular flexibility index (Phi) is 9.82. The molecule has 0 aliphatic rings. The maximum absolute atomic E-state index is 3.46. The normalized spacial score (nSPS) is 10.8. The third kappa shape index (κ3) is 7.20. The third-order valence-electron chi connectivity index (χ3n) is 4.44. The van der Waals surface area contributed by atoms with Crippen molar-refractivity contribution < 1.29 is 21.5 Å². The molecule has 0 radical (unpaired) electrons. The fourth-order valence-electron chi connectivity index (χ4n) is 2.59. The Labute approximate surface area is 171 Å². The average molecular weight is 463 g/mol. The molecule has 0 N–H and O–H groups in total. The molecule has 25 heavy (non-hydrogen) atoms. The summed E-state index contributed by atoms with van der Waals surface area (Å²) < 4.78 is 2.08. The molecule has 0 heterocycles. The van der Waals surface area contributed by atoms with Crippen LogP contribution in [0.25, 0.3) is 6.08 Å². The van der Waals surface area contributed by atoms with Crippen LogP contribution in [0.4, 0.5) is 0 Å². The van der Waals surface area contributed by atoms with E-state index in [1.165, 1.54) is 5.56 Å². The number of quaternary nitrogens is 1. The van der Waals surface area contributed by atoms with Gasteiger partial charge in [0.1, 0.15) is 6.54 Å². The Balaban J connectivity index is 0.00000312. The van der Waals surface area contributed by atoms with Crippen molar-refractivity contribution in [2.45, 2.75) is 13.8 Å². The lowest BCUT2D eigenvalue weighted by molar-refractivity contribution is -0.912. The highest BCUT2D eigenvalue weighted by Gasteiger charge is 2.19. The molecule has 0 aliphatic heterocycles. The first-order valence-corrected chi connectivity index (χ1v) is 9.28. The molecule has 0 fully saturated rings. The molecule has 2 aromatic carbocycles. The van der Waals surface area contributed by atoms with Crippen LogP contribution < -0.4 is 17.0 Å². The van der Waals surface area contributed by atoms with E-state index in [4.69, 9.17) is 0 Å². The summed E-state index contributed by atoms with van der Waals surface area (Å²) in [6, 6.07) is 18.6. The monoisotopic (exact) mass is 461 g/mol. The standard InChI is InChI=1S/C22H25BrN.BrH/c1-3-24(4-2,18-8-12-20-10-6-5-7-11-20)19-9-13-21-14-16-22(23)17-15-21;/h5-8,10-12,14-17H,3-4,18-19H2,1-2H3;1H/q+1;/p-1. The molecule has 0 saturated heterocycles. The molecule has 0 spiro atoms. The first kappa shape index (κ1) is 21.7. The maximum atomic E-state index is 3.46. The number of nitrogens with zero attached hydrogens (tertiary/aromatic N) is 1. The van der Waals surface area contributed by atoms with Gasteiger partial charge in [-0.15, -0.1) is 0 Å². The van der Waals surface area contributed by atoms with Crippen molar-refractivity contribution in [3.05, 3.63) is 76.3 Å². The smallest absolute Gasteiger partial charge is 0.141 e. The lowest BCUT2D eigenvalue weighted by Crippen LogP contribution is -3.00. The fourth-order valence-corrected chi connectivity index (χ4v) is 2.85. The first-order valence-electron chi connectivity index (χ1n) is 8.48. The Hall–Kier alpha value is -1.34. The molecular formula is C22H25Br2N. The lowest BCUT2D eigenvalue weighted by atomic mass is 10.2. The summed E-state index contributed by atoms with van der Waals surface area (Å²) in [4.78, 5) is 0. The van der Waals surface area contributed by atoms with Crippen LogP contribution in [0, 0.1) is 11.8 Å². The highest BCUT2D eigenvalue weighted by atomic mass is 79.9. The first-order chi connectivity index (χ1) is 11.7. The Morgan fingerprint density at radius 3 is 2.20 bits per heavy atom. The molecule has 0 atom stereocenters. The quantitative estimate of drug-likeness (QED) is 0.456. The molecule has 1 nitrogen and oxygen atoms in total. The Morgan fingerprint density at radius 2 is 1.60 bits per heavy atom. The minimum atomic E-state index is 0. The van der Waals surface area contributed by atoms with Gasteiger partial charge >= 0.3 is 0 Å². The van der Waals surface area contributed by atoms with E-state index in [0.29, 0.717) is 0 Å². The highest BCUT2D eigenvalue weighted by Crippen LogP contribution is 2.11. The van der Waals surface area contributed by atoms with Crippen LogP contribution in [0.1, 0.15) is 25.0 Å². The second-order valence-electron chi connectivity index (χ2n) is 5.94. The zero-order valence-electron chi connectivity index (χ0n) is 14.9. The van der Waals surface area contributed by atoms with Crippen molar-refractivity contribution in [1.29, 1.82) is 0 Å². The number of hydrogen-bond donors (Lipinski definition) is 0. The summed E-state index contributed by atoms with van der Waals surface area (Å²) in [5, 5.41) is 0. The Morgan fingerprint density at radius 1 is 0.960 bits per heavy atom. The van der Waals surface area contributed by atoms with Crippen LogP contribution in [0.3, 0.4) is 0 Å². The van der Waals surface area contributed by atoms with Crippen molar-refractivity contribution in [3.63, 3.8) is 0 Å². The van der Waals surface area contributed by atoms with Gasteiger partial charge in [-0.2, -0.15) is 0 Å². The topological polar surface area (TPSA) is 0 Å². The van der Waals surface area contributed by atoms with Crippen LogP contribution >= 0.6 is 15.9 Å². The van der Waals surface area contributed by atoms with Crippen LogP contribution in [0.2, 0.25) is 0 Å². The summed E-state index contributed by atoms with van der Waals surface area (Å²) in [5.41, 5.74) is 2.33. The van der Waals surface area contributed by atoms with Crippen molar-refractivity contribution in [2.75, 3.05) is 26.2 Å². The minimum absolute atomic E-state index is 0. The molecule has 0 saturated carbocycles. The van der Waals surface area contributed by atoms with Gasteiger partial charge < -0.3 is 21.5 Å². The van der Waals surface area contributed by atoms with E-state index in [9.17, 15) is 0 Å². The summed E-state index contributed by atoms with van der Waals surface area (Å²) in [5.74, 6) is 6.68. The molecule has 2 aromatic rings. The molecule has 0 aromatic heterocycles. The second kappa shape index (κ2) is 11.3. The molecule has 132 valence electrons. The van der Waals surface area contributed by atoms with Crippen molar-refractivity contribution in [3.8, 4) is 11.8 Å². The zero-order chi connectivity index (χ0) is 17.3. The summed E-state index contributed by atoms with van der Waals surface area (Å²) >= 11 is 3.46. The van der Waals surface area contributed by atoms with Crippen molar-refractivity contribution in [2.24, 2.45) is 0 Å². The van der Waals surface area contributed by atoms with Gasteiger partial charge in [-0.05, 0) is 55.7 Å². The van der Waals surface area contributed by atoms with Crippen LogP contribution in [0.15, 0.2) is 65.1 Å². The third-order valence-corrected chi connectivity index (χ3v) is 4.96. The van der Waals surface area contributed by atoms with Crippen molar-refractivity contribution in [1.82, 2.24) is 0 Å². The predicted molar refractivity (Wildman–Crippen MR) is 108 cm³/mol. The van der Waals surface area contributed by atoms with Gasteiger partial charge in [0.15, 0.2) is 0 Å². The van der Waals surface area contributed by atoms with Gasteiger partial charge in [-0.1, -0.05) is 58.3 Å². The number of rotatable bonds is 6. The minimum Gasteiger partial charge on any atom is -1.00 e. The average Bonchev–Trinajstić information content (AvgIpc) is 2.63. The number of halogens is 2. The summed E-state index contributed by atoms with van der Waals surface area (Å²) in [7, 11) is 0. The predicted octanol–water partition coefficient (Wildman–Crippen LogP) is 2.37. The number of likely N-dealkylation sites (N-methyl/N-ethyl adjacent to an activating group) is 1. The van der Waals surface area contributed by atoms with Gasteiger partial charge in [-0.25, -0.2) is 0 Å². The summed E-state index contributed by atoms with van der Waals surface area (Å²) in [6.45, 7) is 8.57. The van der Waals surface area contributed by atoms with E-state index in [1.54, 1.807) is 0 Å². The van der Waals surface area contributed by atoms with Gasteiger partial charge in [-0.3, -0.25) is 0 Å². The second-order valence-corrected chi connectivity index (χ2v) is 6.85. The number of hydrogen-bond acceptors (Lipinski definition) is 0. The van der Waals surface area contributed by atoms with Gasteiger partial charge in [0.25, 0.3) is 0 Å². The van der Waals surface area contributed by atoms with E-state index < -0.39 is 0 Å². The molecule has 0 bridgehead atoms. The van der Waals surface area contributed by atoms with E-state index in [2.05, 4.69) is 90.2 Å². The van der Waals surface area contributed by atoms with E-state index in [-0.39, 0.29) is 17.0 Å². The highest BCUT2D eigenvalue weighted by molar-refractivity contribution is 9.10. The van der Waals surface area contributed by atoms with Gasteiger partial charge in [0, 0.05) is 10.0 Å². The van der Waals surface area contributed by atoms with E-state index >= 15 is 0 Å². The van der Waals surface area contributed by atoms with Crippen LogP contribution in [-0.2, 0) is 0 Å².